The van der Waals surface area contributed by atoms with Crippen LogP contribution in [0.15, 0.2) is 16.5 Å². The van der Waals surface area contributed by atoms with Gasteiger partial charge in [-0.3, -0.25) is 0 Å². The van der Waals surface area contributed by atoms with E-state index in [-0.39, 0.29) is 12.6 Å². The van der Waals surface area contributed by atoms with Crippen LogP contribution < -0.4 is 5.32 Å². The SMILES string of the molecule is C[C@@H](CO)NCc1ccc(Cl)o1. The second kappa shape index (κ2) is 4.50. The van der Waals surface area contributed by atoms with Crippen LogP contribution >= 0.6 is 11.6 Å². The van der Waals surface area contributed by atoms with Gasteiger partial charge in [-0.05, 0) is 30.7 Å². The van der Waals surface area contributed by atoms with E-state index >= 15 is 0 Å². The van der Waals surface area contributed by atoms with Crippen LogP contribution in [-0.4, -0.2) is 17.8 Å². The van der Waals surface area contributed by atoms with E-state index in [1.807, 2.05) is 6.92 Å². The summed E-state index contributed by atoms with van der Waals surface area (Å²) < 4.78 is 5.10. The van der Waals surface area contributed by atoms with E-state index in [0.29, 0.717) is 11.8 Å². The van der Waals surface area contributed by atoms with Gasteiger partial charge in [-0.1, -0.05) is 0 Å². The fourth-order valence-electron chi connectivity index (χ4n) is 0.786. The molecule has 1 rings (SSSR count). The molecule has 3 nitrogen and oxygen atoms in total. The predicted octanol–water partition coefficient (Wildman–Crippen LogP) is 1.40. The molecule has 1 aromatic rings. The highest BCUT2D eigenvalue weighted by Crippen LogP contribution is 2.12. The minimum absolute atomic E-state index is 0.0777. The number of aliphatic hydroxyl groups excluding tert-OH is 1. The third-order valence-electron chi connectivity index (χ3n) is 1.53. The lowest BCUT2D eigenvalue weighted by Crippen LogP contribution is -2.28. The van der Waals surface area contributed by atoms with Crippen LogP contribution in [0, 0.1) is 0 Å². The number of hydrogen-bond donors (Lipinski definition) is 2. The largest absolute Gasteiger partial charge is 0.448 e. The van der Waals surface area contributed by atoms with Gasteiger partial charge in [-0.25, -0.2) is 0 Å². The fourth-order valence-corrected chi connectivity index (χ4v) is 0.948. The van der Waals surface area contributed by atoms with Crippen molar-refractivity contribution in [3.63, 3.8) is 0 Å². The monoisotopic (exact) mass is 189 g/mol. The van der Waals surface area contributed by atoms with E-state index in [4.69, 9.17) is 21.1 Å². The van der Waals surface area contributed by atoms with Crippen LogP contribution in [0.5, 0.6) is 0 Å². The molecule has 1 aromatic heterocycles. The van der Waals surface area contributed by atoms with Crippen molar-refractivity contribution in [1.82, 2.24) is 5.32 Å². The zero-order valence-electron chi connectivity index (χ0n) is 6.88. The molecule has 12 heavy (non-hydrogen) atoms. The van der Waals surface area contributed by atoms with Crippen molar-refractivity contribution >= 4 is 11.6 Å². The molecule has 0 radical (unpaired) electrons. The number of rotatable bonds is 4. The second-order valence-corrected chi connectivity index (χ2v) is 3.04. The molecule has 0 unspecified atom stereocenters. The zero-order valence-corrected chi connectivity index (χ0v) is 7.64. The average Bonchev–Trinajstić information content (AvgIpc) is 2.47. The first-order valence-corrected chi connectivity index (χ1v) is 4.18. The van der Waals surface area contributed by atoms with Crippen molar-refractivity contribution in [3.05, 3.63) is 23.1 Å². The number of hydrogen-bond acceptors (Lipinski definition) is 3. The normalized spacial score (nSPS) is 13.2. The molecule has 0 saturated heterocycles. The maximum atomic E-state index is 8.70. The molecule has 2 N–H and O–H groups in total. The molecule has 0 aliphatic heterocycles. The number of halogens is 1. The maximum absolute atomic E-state index is 8.70. The summed E-state index contributed by atoms with van der Waals surface area (Å²) in [6.45, 7) is 2.60. The quantitative estimate of drug-likeness (QED) is 0.753. The van der Waals surface area contributed by atoms with E-state index in [2.05, 4.69) is 5.32 Å². The summed E-state index contributed by atoms with van der Waals surface area (Å²) in [7, 11) is 0. The van der Waals surface area contributed by atoms with Gasteiger partial charge in [0.15, 0.2) is 5.22 Å². The lowest BCUT2D eigenvalue weighted by Gasteiger charge is -2.07. The average molecular weight is 190 g/mol. The molecule has 0 aliphatic carbocycles. The van der Waals surface area contributed by atoms with Crippen molar-refractivity contribution < 1.29 is 9.52 Å². The van der Waals surface area contributed by atoms with Gasteiger partial charge in [0.1, 0.15) is 5.76 Å². The Hall–Kier alpha value is -0.510. The van der Waals surface area contributed by atoms with E-state index in [0.717, 1.165) is 5.76 Å². The highest BCUT2D eigenvalue weighted by atomic mass is 35.5. The van der Waals surface area contributed by atoms with Crippen molar-refractivity contribution in [2.24, 2.45) is 0 Å². The van der Waals surface area contributed by atoms with Crippen LogP contribution in [-0.2, 0) is 6.54 Å². The van der Waals surface area contributed by atoms with Gasteiger partial charge in [-0.2, -0.15) is 0 Å². The van der Waals surface area contributed by atoms with Gasteiger partial charge in [-0.15, -0.1) is 0 Å². The molecule has 0 spiro atoms. The van der Waals surface area contributed by atoms with E-state index in [1.165, 1.54) is 0 Å². The lowest BCUT2D eigenvalue weighted by molar-refractivity contribution is 0.248. The Balaban J connectivity index is 2.33. The summed E-state index contributed by atoms with van der Waals surface area (Å²) in [5.74, 6) is 0.778. The molecular weight excluding hydrogens is 178 g/mol. The van der Waals surface area contributed by atoms with Gasteiger partial charge in [0.05, 0.1) is 13.2 Å². The van der Waals surface area contributed by atoms with Gasteiger partial charge in [0.25, 0.3) is 0 Å². The van der Waals surface area contributed by atoms with Crippen molar-refractivity contribution in [1.29, 1.82) is 0 Å². The minimum atomic E-state index is 0.0777. The Morgan fingerprint density at radius 1 is 1.67 bits per heavy atom. The van der Waals surface area contributed by atoms with Crippen LogP contribution in [0.1, 0.15) is 12.7 Å². The summed E-state index contributed by atoms with van der Waals surface area (Å²) >= 11 is 5.57. The fraction of sp³-hybridized carbons (Fsp3) is 0.500. The van der Waals surface area contributed by atoms with Gasteiger partial charge in [0.2, 0.25) is 0 Å². The number of aliphatic hydroxyl groups is 1. The van der Waals surface area contributed by atoms with Gasteiger partial charge in [0, 0.05) is 6.04 Å². The summed E-state index contributed by atoms with van der Waals surface area (Å²) in [6.07, 6.45) is 0. The van der Waals surface area contributed by atoms with Crippen LogP contribution in [0.25, 0.3) is 0 Å². The Kier molecular flexibility index (Phi) is 3.59. The van der Waals surface area contributed by atoms with Gasteiger partial charge < -0.3 is 14.8 Å². The smallest absolute Gasteiger partial charge is 0.193 e. The molecule has 1 heterocycles. The molecule has 0 aromatic carbocycles. The van der Waals surface area contributed by atoms with E-state index in [9.17, 15) is 0 Å². The number of furan rings is 1. The van der Waals surface area contributed by atoms with Crippen molar-refractivity contribution in [2.75, 3.05) is 6.61 Å². The summed E-state index contributed by atoms with van der Waals surface area (Å²) in [5.41, 5.74) is 0. The molecule has 0 amide bonds. The Labute approximate surface area is 76.3 Å². The maximum Gasteiger partial charge on any atom is 0.193 e. The van der Waals surface area contributed by atoms with Crippen LogP contribution in [0.3, 0.4) is 0 Å². The summed E-state index contributed by atoms with van der Waals surface area (Å²) in [5, 5.41) is 12.2. The number of nitrogens with one attached hydrogen (secondary N) is 1. The molecule has 0 fully saturated rings. The minimum Gasteiger partial charge on any atom is -0.448 e. The Bertz CT molecular complexity index is 237. The molecule has 0 bridgehead atoms. The van der Waals surface area contributed by atoms with E-state index < -0.39 is 0 Å². The Morgan fingerprint density at radius 2 is 2.42 bits per heavy atom. The Morgan fingerprint density at radius 3 is 2.92 bits per heavy atom. The highest BCUT2D eigenvalue weighted by molar-refractivity contribution is 6.28. The molecule has 68 valence electrons. The van der Waals surface area contributed by atoms with Crippen molar-refractivity contribution in [3.8, 4) is 0 Å². The predicted molar refractivity (Wildman–Crippen MR) is 47.1 cm³/mol. The summed E-state index contributed by atoms with van der Waals surface area (Å²) in [4.78, 5) is 0. The molecule has 1 atom stereocenters. The van der Waals surface area contributed by atoms with Gasteiger partial charge >= 0.3 is 0 Å². The highest BCUT2D eigenvalue weighted by Gasteiger charge is 2.01. The zero-order chi connectivity index (χ0) is 8.97. The van der Waals surface area contributed by atoms with Crippen LogP contribution in [0.4, 0.5) is 0 Å². The summed E-state index contributed by atoms with van der Waals surface area (Å²) in [6, 6.07) is 3.58. The first-order valence-electron chi connectivity index (χ1n) is 3.81. The van der Waals surface area contributed by atoms with E-state index in [1.54, 1.807) is 12.1 Å². The molecule has 0 aliphatic rings. The topological polar surface area (TPSA) is 45.4 Å². The van der Waals surface area contributed by atoms with Crippen LogP contribution in [0.2, 0.25) is 5.22 Å². The standard InChI is InChI=1S/C8H12ClNO2/c1-6(5-11)10-4-7-2-3-8(9)12-7/h2-3,6,10-11H,4-5H2,1H3/t6-/m0/s1. The first-order chi connectivity index (χ1) is 5.72. The first kappa shape index (κ1) is 9.58. The molecule has 4 heteroatoms. The third-order valence-corrected chi connectivity index (χ3v) is 1.73. The molecular formula is C8H12ClNO2. The second-order valence-electron chi connectivity index (χ2n) is 2.67. The lowest BCUT2D eigenvalue weighted by atomic mass is 10.3. The molecule has 0 saturated carbocycles. The van der Waals surface area contributed by atoms with Crippen molar-refractivity contribution in [2.45, 2.75) is 19.5 Å². The third kappa shape index (κ3) is 2.85.